The maximum atomic E-state index is 7.49. The van der Waals surface area contributed by atoms with Crippen molar-refractivity contribution in [3.05, 3.63) is 29.3 Å². The molecule has 1 aromatic carbocycles. The molecule has 3 nitrogen and oxygen atoms in total. The Morgan fingerprint density at radius 3 is 2.21 bits per heavy atom. The molecule has 0 saturated carbocycles. The number of guanidine groups is 1. The molecule has 0 heterocycles. The molecule has 0 bridgehead atoms. The van der Waals surface area contributed by atoms with E-state index in [9.17, 15) is 0 Å². The quantitative estimate of drug-likeness (QED) is 0.555. The lowest BCUT2D eigenvalue weighted by Gasteiger charge is -2.24. The van der Waals surface area contributed by atoms with Crippen molar-refractivity contribution in [1.29, 1.82) is 5.41 Å². The minimum absolute atomic E-state index is 0.102. The summed E-state index contributed by atoms with van der Waals surface area (Å²) >= 11 is 0. The number of nitrogens with two attached hydrogens (primary N) is 1. The third kappa shape index (κ3) is 1.87. The number of nitrogens with zero attached hydrogens (tertiary/aromatic N) is 1. The number of rotatable bonds is 2. The fourth-order valence-electron chi connectivity index (χ4n) is 1.68. The van der Waals surface area contributed by atoms with Crippen LogP contribution in [-0.2, 0) is 0 Å². The summed E-state index contributed by atoms with van der Waals surface area (Å²) in [4.78, 5) is 1.81. The van der Waals surface area contributed by atoms with Gasteiger partial charge in [0.1, 0.15) is 0 Å². The van der Waals surface area contributed by atoms with Gasteiger partial charge in [0, 0.05) is 12.2 Å². The van der Waals surface area contributed by atoms with E-state index in [1.54, 1.807) is 0 Å². The number of hydrogen-bond donors (Lipinski definition) is 2. The molecular formula is C11H17N3. The average Bonchev–Trinajstić information content (AvgIpc) is 2.10. The highest BCUT2D eigenvalue weighted by Crippen LogP contribution is 2.23. The van der Waals surface area contributed by atoms with Crippen molar-refractivity contribution in [2.45, 2.75) is 20.8 Å². The van der Waals surface area contributed by atoms with E-state index in [0.717, 1.165) is 23.4 Å². The maximum Gasteiger partial charge on any atom is 0.192 e. The van der Waals surface area contributed by atoms with Gasteiger partial charge in [-0.3, -0.25) is 5.41 Å². The van der Waals surface area contributed by atoms with Crippen LogP contribution in [-0.4, -0.2) is 12.5 Å². The van der Waals surface area contributed by atoms with Crippen molar-refractivity contribution in [2.24, 2.45) is 5.73 Å². The highest BCUT2D eigenvalue weighted by atomic mass is 15.2. The fourth-order valence-corrected chi connectivity index (χ4v) is 1.68. The maximum absolute atomic E-state index is 7.49. The van der Waals surface area contributed by atoms with Crippen molar-refractivity contribution in [3.63, 3.8) is 0 Å². The molecule has 0 fully saturated rings. The van der Waals surface area contributed by atoms with Gasteiger partial charge in [0.2, 0.25) is 0 Å². The number of hydrogen-bond acceptors (Lipinski definition) is 1. The Hall–Kier alpha value is -1.51. The van der Waals surface area contributed by atoms with Gasteiger partial charge < -0.3 is 10.6 Å². The van der Waals surface area contributed by atoms with E-state index >= 15 is 0 Å². The van der Waals surface area contributed by atoms with E-state index in [1.165, 1.54) is 0 Å². The van der Waals surface area contributed by atoms with Crippen molar-refractivity contribution in [2.75, 3.05) is 11.4 Å². The van der Waals surface area contributed by atoms with Gasteiger partial charge in [-0.05, 0) is 31.9 Å². The van der Waals surface area contributed by atoms with E-state index < -0.39 is 0 Å². The third-order valence-corrected chi connectivity index (χ3v) is 2.32. The molecule has 1 aromatic rings. The summed E-state index contributed by atoms with van der Waals surface area (Å²) in [7, 11) is 0. The van der Waals surface area contributed by atoms with Crippen LogP contribution >= 0.6 is 0 Å². The zero-order valence-corrected chi connectivity index (χ0v) is 8.96. The monoisotopic (exact) mass is 191 g/mol. The van der Waals surface area contributed by atoms with Gasteiger partial charge in [0.25, 0.3) is 0 Å². The molecular weight excluding hydrogens is 174 g/mol. The Balaban J connectivity index is 3.22. The van der Waals surface area contributed by atoms with Gasteiger partial charge in [-0.25, -0.2) is 0 Å². The minimum Gasteiger partial charge on any atom is -0.370 e. The lowest BCUT2D eigenvalue weighted by Crippen LogP contribution is -2.37. The number of anilines is 1. The summed E-state index contributed by atoms with van der Waals surface area (Å²) in [6.07, 6.45) is 0. The second kappa shape index (κ2) is 4.13. The van der Waals surface area contributed by atoms with Crippen LogP contribution < -0.4 is 10.6 Å². The van der Waals surface area contributed by atoms with E-state index in [2.05, 4.69) is 0 Å². The summed E-state index contributed by atoms with van der Waals surface area (Å²) in [5, 5.41) is 7.49. The second-order valence-electron chi connectivity index (χ2n) is 3.37. The molecule has 0 amide bonds. The van der Waals surface area contributed by atoms with Crippen LogP contribution in [0.2, 0.25) is 0 Å². The van der Waals surface area contributed by atoms with Gasteiger partial charge in [-0.1, -0.05) is 18.2 Å². The lowest BCUT2D eigenvalue weighted by molar-refractivity contribution is 1.01. The first-order valence-corrected chi connectivity index (χ1v) is 4.75. The predicted molar refractivity (Wildman–Crippen MR) is 60.9 cm³/mol. The zero-order valence-electron chi connectivity index (χ0n) is 8.96. The van der Waals surface area contributed by atoms with Crippen LogP contribution in [0.4, 0.5) is 5.69 Å². The smallest absolute Gasteiger partial charge is 0.192 e. The van der Waals surface area contributed by atoms with Gasteiger partial charge >= 0.3 is 0 Å². The third-order valence-electron chi connectivity index (χ3n) is 2.32. The minimum atomic E-state index is 0.102. The molecule has 0 unspecified atom stereocenters. The van der Waals surface area contributed by atoms with Crippen molar-refractivity contribution >= 4 is 11.6 Å². The molecule has 1 rings (SSSR count). The first kappa shape index (κ1) is 10.6. The molecule has 0 radical (unpaired) electrons. The molecule has 0 aliphatic rings. The summed E-state index contributed by atoms with van der Waals surface area (Å²) in [5.74, 6) is 0.102. The largest absolute Gasteiger partial charge is 0.370 e. The Morgan fingerprint density at radius 1 is 1.36 bits per heavy atom. The van der Waals surface area contributed by atoms with E-state index in [1.807, 2.05) is 43.9 Å². The standard InChI is InChI=1S/C11H17N3/c1-4-14(11(12)13)10-8(2)6-5-7-9(10)3/h5-7H,4H2,1-3H3,(H3,12,13). The molecule has 3 heteroatoms. The van der Waals surface area contributed by atoms with E-state index in [-0.39, 0.29) is 5.96 Å². The van der Waals surface area contributed by atoms with Crippen molar-refractivity contribution < 1.29 is 0 Å². The van der Waals surface area contributed by atoms with Gasteiger partial charge in [-0.15, -0.1) is 0 Å². The topological polar surface area (TPSA) is 53.1 Å². The van der Waals surface area contributed by atoms with Crippen LogP contribution in [0, 0.1) is 19.3 Å². The van der Waals surface area contributed by atoms with Gasteiger partial charge in [-0.2, -0.15) is 0 Å². The number of aryl methyl sites for hydroxylation is 2. The Kier molecular flexibility index (Phi) is 3.12. The first-order chi connectivity index (χ1) is 6.57. The highest BCUT2D eigenvalue weighted by Gasteiger charge is 2.11. The van der Waals surface area contributed by atoms with Crippen molar-refractivity contribution in [3.8, 4) is 0 Å². The molecule has 0 aliphatic heterocycles. The molecule has 0 atom stereocenters. The molecule has 0 aliphatic carbocycles. The summed E-state index contributed by atoms with van der Waals surface area (Å²) in [5.41, 5.74) is 8.89. The SMILES string of the molecule is CCN(C(=N)N)c1c(C)cccc1C. The van der Waals surface area contributed by atoms with E-state index in [4.69, 9.17) is 11.1 Å². The van der Waals surface area contributed by atoms with Crippen molar-refractivity contribution in [1.82, 2.24) is 0 Å². The summed E-state index contributed by atoms with van der Waals surface area (Å²) < 4.78 is 0. The summed E-state index contributed by atoms with van der Waals surface area (Å²) in [6, 6.07) is 6.09. The Morgan fingerprint density at radius 2 is 1.86 bits per heavy atom. The Labute approximate surface area is 85.0 Å². The van der Waals surface area contributed by atoms with Crippen LogP contribution in [0.25, 0.3) is 0 Å². The second-order valence-corrected chi connectivity index (χ2v) is 3.37. The molecule has 14 heavy (non-hydrogen) atoms. The molecule has 3 N–H and O–H groups in total. The average molecular weight is 191 g/mol. The molecule has 76 valence electrons. The van der Waals surface area contributed by atoms with Crippen LogP contribution in [0.3, 0.4) is 0 Å². The summed E-state index contributed by atoms with van der Waals surface area (Å²) in [6.45, 7) is 6.79. The Bertz CT molecular complexity index is 324. The fraction of sp³-hybridized carbons (Fsp3) is 0.364. The molecule has 0 saturated heterocycles. The van der Waals surface area contributed by atoms with E-state index in [0.29, 0.717) is 0 Å². The molecule has 0 aromatic heterocycles. The normalized spacial score (nSPS) is 9.93. The predicted octanol–water partition coefficient (Wildman–Crippen LogP) is 2.02. The first-order valence-electron chi connectivity index (χ1n) is 4.75. The highest BCUT2D eigenvalue weighted by molar-refractivity contribution is 5.94. The molecule has 0 spiro atoms. The number of para-hydroxylation sites is 1. The van der Waals surface area contributed by atoms with Crippen LogP contribution in [0.15, 0.2) is 18.2 Å². The van der Waals surface area contributed by atoms with Crippen LogP contribution in [0.5, 0.6) is 0 Å². The lowest BCUT2D eigenvalue weighted by atomic mass is 10.1. The number of nitrogens with one attached hydrogen (secondary N) is 1. The van der Waals surface area contributed by atoms with Crippen LogP contribution in [0.1, 0.15) is 18.1 Å². The number of benzene rings is 1. The zero-order chi connectivity index (χ0) is 10.7. The van der Waals surface area contributed by atoms with Gasteiger partial charge in [0.15, 0.2) is 5.96 Å². The van der Waals surface area contributed by atoms with Gasteiger partial charge in [0.05, 0.1) is 0 Å².